The molecule has 0 radical (unpaired) electrons. The van der Waals surface area contributed by atoms with Gasteiger partial charge in [-0.05, 0) is 31.5 Å². The molecule has 2 N–H and O–H groups in total. The van der Waals surface area contributed by atoms with Crippen LogP contribution in [0.4, 0.5) is 5.69 Å². The number of benzene rings is 1. The molecule has 0 spiro atoms. The summed E-state index contributed by atoms with van der Waals surface area (Å²) in [4.78, 5) is 14.0. The summed E-state index contributed by atoms with van der Waals surface area (Å²) < 4.78 is 0. The summed E-state index contributed by atoms with van der Waals surface area (Å²) in [6, 6.07) is 5.00. The van der Waals surface area contributed by atoms with Crippen molar-refractivity contribution in [3.63, 3.8) is 0 Å². The third-order valence-electron chi connectivity index (χ3n) is 2.67. The molecule has 0 bridgehead atoms. The molecule has 17 heavy (non-hydrogen) atoms. The number of nitrogens with two attached hydrogens (primary N) is 1. The van der Waals surface area contributed by atoms with Crippen molar-refractivity contribution < 1.29 is 4.79 Å². The van der Waals surface area contributed by atoms with Gasteiger partial charge in [-0.3, -0.25) is 4.79 Å². The molecule has 0 aliphatic rings. The van der Waals surface area contributed by atoms with Gasteiger partial charge in [0.05, 0.1) is 10.6 Å². The topological polar surface area (TPSA) is 46.3 Å². The number of hydrogen-bond acceptors (Lipinski definition) is 2. The minimum atomic E-state index is -0.0433. The molecule has 1 aromatic carbocycles. The quantitative estimate of drug-likeness (QED) is 0.821. The number of carbonyl (C=O) groups excluding carboxylic acids is 1. The second kappa shape index (κ2) is 6.50. The lowest BCUT2D eigenvalue weighted by Gasteiger charge is -2.21. The van der Waals surface area contributed by atoms with Crippen molar-refractivity contribution in [1.82, 2.24) is 4.90 Å². The Labute approximate surface area is 108 Å². The zero-order chi connectivity index (χ0) is 12.8. The van der Waals surface area contributed by atoms with Crippen LogP contribution in [0.1, 0.15) is 37.0 Å². The summed E-state index contributed by atoms with van der Waals surface area (Å²) in [7, 11) is 0. The molecule has 94 valence electrons. The number of hydrogen-bond donors (Lipinski definition) is 1. The predicted octanol–water partition coefficient (Wildman–Crippen LogP) is 3.18. The molecule has 0 atom stereocenters. The van der Waals surface area contributed by atoms with E-state index in [0.717, 1.165) is 19.4 Å². The van der Waals surface area contributed by atoms with E-state index in [-0.39, 0.29) is 5.91 Å². The van der Waals surface area contributed by atoms with Crippen LogP contribution in [0.2, 0.25) is 5.02 Å². The van der Waals surface area contributed by atoms with Crippen LogP contribution in [0.25, 0.3) is 0 Å². The lowest BCUT2D eigenvalue weighted by molar-refractivity contribution is 0.0762. The van der Waals surface area contributed by atoms with Crippen LogP contribution in [0.15, 0.2) is 18.2 Å². The predicted molar refractivity (Wildman–Crippen MR) is 72.3 cm³/mol. The Morgan fingerprint density at radius 1 is 1.41 bits per heavy atom. The number of carbonyl (C=O) groups is 1. The number of halogens is 1. The first kappa shape index (κ1) is 13.8. The molecule has 0 aliphatic carbocycles. The van der Waals surface area contributed by atoms with Crippen molar-refractivity contribution in [2.45, 2.75) is 26.7 Å². The van der Waals surface area contributed by atoms with Gasteiger partial charge in [0.25, 0.3) is 5.91 Å². The summed E-state index contributed by atoms with van der Waals surface area (Å²) >= 11 is 6.02. The van der Waals surface area contributed by atoms with Crippen LogP contribution >= 0.6 is 11.6 Å². The first-order chi connectivity index (χ1) is 8.10. The van der Waals surface area contributed by atoms with Gasteiger partial charge in [-0.1, -0.05) is 24.9 Å². The van der Waals surface area contributed by atoms with Gasteiger partial charge >= 0.3 is 0 Å². The van der Waals surface area contributed by atoms with E-state index in [1.807, 2.05) is 6.92 Å². The van der Waals surface area contributed by atoms with Gasteiger partial charge in [0.2, 0.25) is 0 Å². The van der Waals surface area contributed by atoms with Crippen molar-refractivity contribution in [3.8, 4) is 0 Å². The minimum Gasteiger partial charge on any atom is -0.399 e. The average Bonchev–Trinajstić information content (AvgIpc) is 2.33. The van der Waals surface area contributed by atoms with Gasteiger partial charge < -0.3 is 10.6 Å². The Kier molecular flexibility index (Phi) is 5.29. The Bertz CT molecular complexity index is 393. The Hall–Kier alpha value is -1.22. The highest BCUT2D eigenvalue weighted by atomic mass is 35.5. The Balaban J connectivity index is 2.89. The van der Waals surface area contributed by atoms with Crippen LogP contribution in [-0.2, 0) is 0 Å². The largest absolute Gasteiger partial charge is 0.399 e. The number of rotatable bonds is 5. The van der Waals surface area contributed by atoms with Gasteiger partial charge in [-0.15, -0.1) is 0 Å². The summed E-state index contributed by atoms with van der Waals surface area (Å²) in [5.74, 6) is -0.0433. The fourth-order valence-electron chi connectivity index (χ4n) is 1.63. The van der Waals surface area contributed by atoms with Crippen LogP contribution in [0, 0.1) is 0 Å². The molecule has 1 amide bonds. The highest BCUT2D eigenvalue weighted by Crippen LogP contribution is 2.20. The molecular formula is C13H19ClN2O. The molecule has 0 fully saturated rings. The summed E-state index contributed by atoms with van der Waals surface area (Å²) in [6.07, 6.45) is 2.06. The van der Waals surface area contributed by atoms with E-state index in [1.165, 1.54) is 0 Å². The highest BCUT2D eigenvalue weighted by Gasteiger charge is 2.16. The van der Waals surface area contributed by atoms with Crippen molar-refractivity contribution in [3.05, 3.63) is 28.8 Å². The average molecular weight is 255 g/mol. The zero-order valence-electron chi connectivity index (χ0n) is 10.4. The summed E-state index contributed by atoms with van der Waals surface area (Å²) in [5, 5.41) is 0.458. The van der Waals surface area contributed by atoms with E-state index < -0.39 is 0 Å². The molecule has 1 rings (SSSR count). The smallest absolute Gasteiger partial charge is 0.255 e. The van der Waals surface area contributed by atoms with E-state index in [9.17, 15) is 4.79 Å². The van der Waals surface area contributed by atoms with Crippen molar-refractivity contribution in [2.24, 2.45) is 0 Å². The van der Waals surface area contributed by atoms with E-state index in [0.29, 0.717) is 22.8 Å². The van der Waals surface area contributed by atoms with E-state index >= 15 is 0 Å². The van der Waals surface area contributed by atoms with Crippen LogP contribution in [0.5, 0.6) is 0 Å². The molecule has 0 aromatic heterocycles. The van der Waals surface area contributed by atoms with Crippen LogP contribution < -0.4 is 5.73 Å². The van der Waals surface area contributed by atoms with Crippen LogP contribution in [0.3, 0.4) is 0 Å². The third kappa shape index (κ3) is 3.63. The second-order valence-corrected chi connectivity index (χ2v) is 4.38. The first-order valence-electron chi connectivity index (χ1n) is 5.94. The SMILES string of the molecule is CCCCN(CC)C(=O)c1cc(N)ccc1Cl. The van der Waals surface area contributed by atoms with E-state index in [2.05, 4.69) is 6.92 Å². The molecule has 4 heteroatoms. The lowest BCUT2D eigenvalue weighted by Crippen LogP contribution is -2.32. The van der Waals surface area contributed by atoms with Gasteiger partial charge in [0.15, 0.2) is 0 Å². The molecule has 0 saturated heterocycles. The number of amides is 1. The number of anilines is 1. The third-order valence-corrected chi connectivity index (χ3v) is 3.00. The molecule has 3 nitrogen and oxygen atoms in total. The fourth-order valence-corrected chi connectivity index (χ4v) is 1.83. The van der Waals surface area contributed by atoms with Gasteiger partial charge in [-0.2, -0.15) is 0 Å². The molecule has 0 heterocycles. The Morgan fingerprint density at radius 2 is 2.12 bits per heavy atom. The maximum absolute atomic E-state index is 12.2. The summed E-state index contributed by atoms with van der Waals surface area (Å²) in [6.45, 7) is 5.51. The molecule has 1 aromatic rings. The Morgan fingerprint density at radius 3 is 2.71 bits per heavy atom. The normalized spacial score (nSPS) is 10.3. The van der Waals surface area contributed by atoms with Crippen molar-refractivity contribution in [2.75, 3.05) is 18.8 Å². The fraction of sp³-hybridized carbons (Fsp3) is 0.462. The van der Waals surface area contributed by atoms with E-state index in [4.69, 9.17) is 17.3 Å². The number of nitrogen functional groups attached to an aromatic ring is 1. The highest BCUT2D eigenvalue weighted by molar-refractivity contribution is 6.34. The van der Waals surface area contributed by atoms with Crippen molar-refractivity contribution in [1.29, 1.82) is 0 Å². The standard InChI is InChI=1S/C13H19ClN2O/c1-3-5-8-16(4-2)13(17)11-9-10(15)6-7-12(11)14/h6-7,9H,3-5,8,15H2,1-2H3. The van der Waals surface area contributed by atoms with Gasteiger partial charge in [-0.25, -0.2) is 0 Å². The maximum atomic E-state index is 12.2. The minimum absolute atomic E-state index is 0.0433. The summed E-state index contributed by atoms with van der Waals surface area (Å²) in [5.41, 5.74) is 6.73. The van der Waals surface area contributed by atoms with Gasteiger partial charge in [0.1, 0.15) is 0 Å². The van der Waals surface area contributed by atoms with Crippen LogP contribution in [-0.4, -0.2) is 23.9 Å². The monoisotopic (exact) mass is 254 g/mol. The van der Waals surface area contributed by atoms with Crippen molar-refractivity contribution >= 4 is 23.2 Å². The second-order valence-electron chi connectivity index (χ2n) is 3.98. The number of unbranched alkanes of at least 4 members (excludes halogenated alkanes) is 1. The number of nitrogens with zero attached hydrogens (tertiary/aromatic N) is 1. The zero-order valence-corrected chi connectivity index (χ0v) is 11.1. The molecule has 0 saturated carbocycles. The maximum Gasteiger partial charge on any atom is 0.255 e. The molecular weight excluding hydrogens is 236 g/mol. The molecule has 0 unspecified atom stereocenters. The first-order valence-corrected chi connectivity index (χ1v) is 6.32. The van der Waals surface area contributed by atoms with E-state index in [1.54, 1.807) is 23.1 Å². The lowest BCUT2D eigenvalue weighted by atomic mass is 10.1. The van der Waals surface area contributed by atoms with Gasteiger partial charge in [0, 0.05) is 18.8 Å². The molecule has 0 aliphatic heterocycles.